The number of benzene rings is 1. The molecule has 6 nitrogen and oxygen atoms in total. The Morgan fingerprint density at radius 3 is 2.90 bits per heavy atom. The zero-order valence-corrected chi connectivity index (χ0v) is 18.7. The molecular weight excluding hydrogens is 477 g/mol. The Kier molecular flexibility index (Phi) is 6.78. The molecule has 3 heterocycles. The molecule has 0 amide bonds. The molecule has 152 valence electrons. The molecule has 2 N–H and O–H groups in total. The number of rotatable bonds is 7. The van der Waals surface area contributed by atoms with Crippen molar-refractivity contribution in [2.75, 3.05) is 13.7 Å². The van der Waals surface area contributed by atoms with Crippen molar-refractivity contribution in [2.24, 2.45) is 0 Å². The van der Waals surface area contributed by atoms with Gasteiger partial charge in [0.25, 0.3) is 0 Å². The van der Waals surface area contributed by atoms with E-state index in [1.54, 1.807) is 7.11 Å². The van der Waals surface area contributed by atoms with E-state index in [-0.39, 0.29) is 6.04 Å². The second-order valence-corrected chi connectivity index (χ2v) is 8.56. The van der Waals surface area contributed by atoms with Gasteiger partial charge in [0.15, 0.2) is 0 Å². The molecule has 0 unspecified atom stereocenters. The lowest BCUT2D eigenvalue weighted by Gasteiger charge is -2.42. The molecule has 0 saturated carbocycles. The molecule has 0 spiro atoms. The first-order chi connectivity index (χ1) is 14.2. The normalized spacial score (nSPS) is 19.9. The lowest BCUT2D eigenvalue weighted by atomic mass is 9.90. The van der Waals surface area contributed by atoms with Gasteiger partial charge >= 0.3 is 0 Å². The Labute approximate surface area is 185 Å². The van der Waals surface area contributed by atoms with Gasteiger partial charge in [0.1, 0.15) is 5.82 Å². The van der Waals surface area contributed by atoms with E-state index in [1.807, 2.05) is 18.6 Å². The number of methoxy groups -OCH3 is 1. The molecule has 0 radical (unpaired) electrons. The van der Waals surface area contributed by atoms with Gasteiger partial charge in [0.05, 0.1) is 19.7 Å². The van der Waals surface area contributed by atoms with Gasteiger partial charge in [-0.25, -0.2) is 9.97 Å². The third kappa shape index (κ3) is 4.96. The van der Waals surface area contributed by atoms with E-state index in [1.165, 1.54) is 5.56 Å². The van der Waals surface area contributed by atoms with Gasteiger partial charge in [-0.1, -0.05) is 30.3 Å². The smallest absolute Gasteiger partial charge is 0.217 e. The average Bonchev–Trinajstić information content (AvgIpc) is 3.26. The van der Waals surface area contributed by atoms with Crippen molar-refractivity contribution in [3.8, 4) is 5.88 Å². The van der Waals surface area contributed by atoms with Crippen LogP contribution in [0.5, 0.6) is 5.88 Å². The molecular formula is C22H26IN5O. The molecule has 2 atom stereocenters. The van der Waals surface area contributed by atoms with Gasteiger partial charge in [-0.2, -0.15) is 0 Å². The molecule has 2 aromatic heterocycles. The maximum Gasteiger partial charge on any atom is 0.217 e. The topological polar surface area (TPSA) is 66.1 Å². The number of hydrogen-bond donors (Lipinski definition) is 2. The van der Waals surface area contributed by atoms with E-state index in [2.05, 4.69) is 84.2 Å². The summed E-state index contributed by atoms with van der Waals surface area (Å²) in [6.45, 7) is 2.61. The highest BCUT2D eigenvalue weighted by atomic mass is 127. The van der Waals surface area contributed by atoms with Crippen LogP contribution in [0.25, 0.3) is 0 Å². The third-order valence-electron chi connectivity index (χ3n) is 5.42. The lowest BCUT2D eigenvalue weighted by molar-refractivity contribution is 0.101. The minimum absolute atomic E-state index is 0.289. The SMILES string of the molecule is COc1ncc(I)cc1CN[C@H]1CCCN(Cc2ncc[nH]2)[C@H]1c1ccccc1. The number of nitrogens with zero attached hydrogens (tertiary/aromatic N) is 3. The zero-order chi connectivity index (χ0) is 20.1. The van der Waals surface area contributed by atoms with Crippen LogP contribution in [0.4, 0.5) is 0 Å². The number of imidazole rings is 1. The highest BCUT2D eigenvalue weighted by Crippen LogP contribution is 2.32. The maximum absolute atomic E-state index is 5.47. The van der Waals surface area contributed by atoms with E-state index < -0.39 is 0 Å². The van der Waals surface area contributed by atoms with Crippen molar-refractivity contribution < 1.29 is 4.74 Å². The van der Waals surface area contributed by atoms with Crippen molar-refractivity contribution >= 4 is 22.6 Å². The number of halogens is 1. The quantitative estimate of drug-likeness (QED) is 0.479. The van der Waals surface area contributed by atoms with Gasteiger partial charge in [-0.3, -0.25) is 4.90 Å². The molecule has 29 heavy (non-hydrogen) atoms. The monoisotopic (exact) mass is 503 g/mol. The van der Waals surface area contributed by atoms with Crippen LogP contribution in [0.1, 0.15) is 35.8 Å². The Hall–Kier alpha value is -1.97. The largest absolute Gasteiger partial charge is 0.481 e. The standard InChI is InChI=1S/C22H26IN5O/c1-29-22-17(12-18(23)14-27-22)13-26-19-8-5-11-28(15-20-24-9-10-25-20)21(19)16-6-3-2-4-7-16/h2-4,6-7,9-10,12,14,19,21,26H,5,8,11,13,15H2,1H3,(H,24,25)/t19-,21-/m0/s1. The fraction of sp³-hybridized carbons (Fsp3) is 0.364. The molecule has 1 saturated heterocycles. The van der Waals surface area contributed by atoms with Crippen molar-refractivity contribution in [3.63, 3.8) is 0 Å². The number of hydrogen-bond acceptors (Lipinski definition) is 5. The van der Waals surface area contributed by atoms with Gasteiger partial charge < -0.3 is 15.0 Å². The number of likely N-dealkylation sites (tertiary alicyclic amines) is 1. The molecule has 0 aliphatic carbocycles. The Balaban J connectivity index is 1.56. The number of piperidine rings is 1. The zero-order valence-electron chi connectivity index (χ0n) is 16.5. The van der Waals surface area contributed by atoms with Crippen LogP contribution >= 0.6 is 22.6 Å². The van der Waals surface area contributed by atoms with Gasteiger partial charge in [0.2, 0.25) is 5.88 Å². The van der Waals surface area contributed by atoms with Crippen molar-refractivity contribution in [3.05, 3.63) is 75.5 Å². The summed E-state index contributed by atoms with van der Waals surface area (Å²) in [4.78, 5) is 14.6. The van der Waals surface area contributed by atoms with Crippen LogP contribution in [0.3, 0.4) is 0 Å². The second-order valence-electron chi connectivity index (χ2n) is 7.31. The van der Waals surface area contributed by atoms with Gasteiger partial charge in [0, 0.05) is 40.3 Å². The molecule has 7 heteroatoms. The number of nitrogens with one attached hydrogen (secondary N) is 2. The number of aromatic nitrogens is 3. The van der Waals surface area contributed by atoms with Crippen molar-refractivity contribution in [2.45, 2.75) is 38.0 Å². The molecule has 1 aromatic carbocycles. The van der Waals surface area contributed by atoms with Crippen molar-refractivity contribution in [1.29, 1.82) is 0 Å². The number of H-pyrrole nitrogens is 1. The summed E-state index contributed by atoms with van der Waals surface area (Å²) in [5.74, 6) is 1.70. The van der Waals surface area contributed by atoms with Crippen LogP contribution in [-0.2, 0) is 13.1 Å². The Morgan fingerprint density at radius 2 is 2.14 bits per heavy atom. The second kappa shape index (κ2) is 9.69. The third-order valence-corrected chi connectivity index (χ3v) is 6.01. The Morgan fingerprint density at radius 1 is 1.28 bits per heavy atom. The number of ether oxygens (including phenoxy) is 1. The highest BCUT2D eigenvalue weighted by molar-refractivity contribution is 14.1. The molecule has 1 aliphatic rings. The summed E-state index contributed by atoms with van der Waals surface area (Å²) in [6, 6.07) is 13.5. The first-order valence-corrected chi connectivity index (χ1v) is 11.0. The fourth-order valence-electron chi connectivity index (χ4n) is 4.15. The number of aromatic amines is 1. The van der Waals surface area contributed by atoms with E-state index in [0.717, 1.165) is 47.4 Å². The number of pyridine rings is 1. The summed E-state index contributed by atoms with van der Waals surface area (Å²) in [7, 11) is 1.68. The van der Waals surface area contributed by atoms with Crippen molar-refractivity contribution in [1.82, 2.24) is 25.2 Å². The minimum Gasteiger partial charge on any atom is -0.481 e. The molecule has 1 aliphatic heterocycles. The predicted molar refractivity (Wildman–Crippen MR) is 122 cm³/mol. The summed E-state index contributed by atoms with van der Waals surface area (Å²) in [5.41, 5.74) is 2.43. The van der Waals surface area contributed by atoms with E-state index in [4.69, 9.17) is 4.74 Å². The van der Waals surface area contributed by atoms with Crippen LogP contribution < -0.4 is 10.1 Å². The van der Waals surface area contributed by atoms with Gasteiger partial charge in [-0.15, -0.1) is 0 Å². The van der Waals surface area contributed by atoms with Crippen LogP contribution in [0.2, 0.25) is 0 Å². The maximum atomic E-state index is 5.47. The Bertz CT molecular complexity index is 903. The van der Waals surface area contributed by atoms with Crippen LogP contribution in [0, 0.1) is 3.57 Å². The van der Waals surface area contributed by atoms with E-state index >= 15 is 0 Å². The molecule has 0 bridgehead atoms. The van der Waals surface area contributed by atoms with Crippen LogP contribution in [-0.4, -0.2) is 39.5 Å². The minimum atomic E-state index is 0.289. The predicted octanol–water partition coefficient (Wildman–Crippen LogP) is 3.91. The first-order valence-electron chi connectivity index (χ1n) is 9.93. The van der Waals surface area contributed by atoms with E-state index in [0.29, 0.717) is 11.9 Å². The summed E-state index contributed by atoms with van der Waals surface area (Å²) >= 11 is 2.30. The fourth-order valence-corrected chi connectivity index (χ4v) is 4.66. The summed E-state index contributed by atoms with van der Waals surface area (Å²) in [6.07, 6.45) is 7.84. The van der Waals surface area contributed by atoms with Gasteiger partial charge in [-0.05, 0) is 53.6 Å². The average molecular weight is 503 g/mol. The molecule has 3 aromatic rings. The van der Waals surface area contributed by atoms with E-state index in [9.17, 15) is 0 Å². The molecule has 4 rings (SSSR count). The molecule has 1 fully saturated rings. The summed E-state index contributed by atoms with van der Waals surface area (Å²) in [5, 5.41) is 3.80. The summed E-state index contributed by atoms with van der Waals surface area (Å²) < 4.78 is 6.58. The van der Waals surface area contributed by atoms with Crippen LogP contribution in [0.15, 0.2) is 55.0 Å². The lowest BCUT2D eigenvalue weighted by Crippen LogP contribution is -2.47. The first kappa shape index (κ1) is 20.3. The highest BCUT2D eigenvalue weighted by Gasteiger charge is 2.32.